The minimum Gasteiger partial charge on any atom is -0.490 e. The zero-order valence-corrected chi connectivity index (χ0v) is 21.0. The van der Waals surface area contributed by atoms with Gasteiger partial charge in [0.25, 0.3) is 5.91 Å². The number of carbonyl (C=O) groups excluding carboxylic acids is 1. The first kappa shape index (κ1) is 25.2. The van der Waals surface area contributed by atoms with Crippen molar-refractivity contribution in [1.29, 1.82) is 5.26 Å². The first-order chi connectivity index (χ1) is 18.6. The molecule has 0 aliphatic carbocycles. The molecule has 1 fully saturated rings. The molecular weight excluding hydrogens is 484 g/mol. The molecule has 0 spiro atoms. The molecule has 4 heterocycles. The third kappa shape index (κ3) is 5.02. The van der Waals surface area contributed by atoms with Crippen molar-refractivity contribution < 1.29 is 19.4 Å². The lowest BCUT2D eigenvalue weighted by Gasteiger charge is -2.36. The number of rotatable bonds is 8. The minimum atomic E-state index is -0.615. The van der Waals surface area contributed by atoms with Crippen molar-refractivity contribution in [2.24, 2.45) is 0 Å². The number of aromatic nitrogens is 3. The number of methoxy groups -OCH3 is 1. The van der Waals surface area contributed by atoms with Crippen LogP contribution in [0.25, 0.3) is 16.6 Å². The summed E-state index contributed by atoms with van der Waals surface area (Å²) in [6.45, 7) is 2.49. The van der Waals surface area contributed by atoms with E-state index in [4.69, 9.17) is 19.6 Å². The van der Waals surface area contributed by atoms with Crippen molar-refractivity contribution in [3.8, 4) is 22.9 Å². The van der Waals surface area contributed by atoms with Crippen LogP contribution in [-0.4, -0.2) is 77.0 Å². The van der Waals surface area contributed by atoms with Crippen molar-refractivity contribution in [2.45, 2.75) is 6.10 Å². The van der Waals surface area contributed by atoms with E-state index in [-0.39, 0.29) is 19.1 Å². The van der Waals surface area contributed by atoms with Gasteiger partial charge < -0.3 is 24.4 Å². The Morgan fingerprint density at radius 1 is 1.13 bits per heavy atom. The Balaban J connectivity index is 1.31. The lowest BCUT2D eigenvalue weighted by Crippen LogP contribution is -2.50. The fraction of sp³-hybridized carbons (Fsp3) is 0.286. The molecular formula is C28H28N6O4. The number of aliphatic hydroxyl groups excluding tert-OH is 1. The molecule has 3 aromatic heterocycles. The van der Waals surface area contributed by atoms with Gasteiger partial charge in [-0.1, -0.05) is 30.3 Å². The normalized spacial score (nSPS) is 14.3. The van der Waals surface area contributed by atoms with Crippen LogP contribution in [0.2, 0.25) is 0 Å². The van der Waals surface area contributed by atoms with Crippen molar-refractivity contribution >= 4 is 17.2 Å². The molecule has 0 bridgehead atoms. The minimum absolute atomic E-state index is 0.0388. The number of hydrogen-bond acceptors (Lipinski definition) is 8. The topological polar surface area (TPSA) is 116 Å². The predicted molar refractivity (Wildman–Crippen MR) is 141 cm³/mol. The van der Waals surface area contributed by atoms with Crippen LogP contribution >= 0.6 is 0 Å². The summed E-state index contributed by atoms with van der Waals surface area (Å²) in [7, 11) is 1.56. The van der Waals surface area contributed by atoms with Crippen LogP contribution in [0.1, 0.15) is 17.2 Å². The lowest BCUT2D eigenvalue weighted by atomic mass is 10.1. The summed E-state index contributed by atoms with van der Waals surface area (Å²) in [5, 5.41) is 23.0. The van der Waals surface area contributed by atoms with Gasteiger partial charge in [-0.05, 0) is 23.8 Å². The summed E-state index contributed by atoms with van der Waals surface area (Å²) >= 11 is 0. The summed E-state index contributed by atoms with van der Waals surface area (Å²) in [5.74, 6) is 1.30. The highest BCUT2D eigenvalue weighted by molar-refractivity contribution is 5.85. The lowest BCUT2D eigenvalue weighted by molar-refractivity contribution is -0.142. The maximum atomic E-state index is 13.1. The predicted octanol–water partition coefficient (Wildman–Crippen LogP) is 2.68. The zero-order valence-electron chi connectivity index (χ0n) is 21.0. The van der Waals surface area contributed by atoms with Crippen molar-refractivity contribution in [1.82, 2.24) is 19.5 Å². The Bertz CT molecular complexity index is 1440. The van der Waals surface area contributed by atoms with Crippen molar-refractivity contribution in [3.05, 3.63) is 78.2 Å². The molecule has 1 amide bonds. The summed E-state index contributed by atoms with van der Waals surface area (Å²) in [4.78, 5) is 21.8. The van der Waals surface area contributed by atoms with Gasteiger partial charge in [0, 0.05) is 50.6 Å². The number of nitrogens with zero attached hydrogens (tertiary/aromatic N) is 6. The second-order valence-corrected chi connectivity index (χ2v) is 8.87. The average molecular weight is 513 g/mol. The zero-order chi connectivity index (χ0) is 26.5. The molecule has 1 saturated heterocycles. The summed E-state index contributed by atoms with van der Waals surface area (Å²) < 4.78 is 12.7. The van der Waals surface area contributed by atoms with Crippen LogP contribution in [0.5, 0.6) is 5.75 Å². The molecule has 1 atom stereocenters. The van der Waals surface area contributed by atoms with Gasteiger partial charge in [0.05, 0.1) is 30.1 Å². The van der Waals surface area contributed by atoms with Gasteiger partial charge in [0.15, 0.2) is 6.10 Å². The number of carbonyl (C=O) groups is 1. The summed E-state index contributed by atoms with van der Waals surface area (Å²) in [5.41, 5.74) is 3.53. The molecule has 194 valence electrons. The highest BCUT2D eigenvalue weighted by atomic mass is 16.5. The number of pyridine rings is 2. The van der Waals surface area contributed by atoms with E-state index in [1.54, 1.807) is 24.0 Å². The van der Waals surface area contributed by atoms with Gasteiger partial charge in [-0.2, -0.15) is 10.4 Å². The fourth-order valence-corrected chi connectivity index (χ4v) is 4.70. The Morgan fingerprint density at radius 3 is 2.58 bits per heavy atom. The summed E-state index contributed by atoms with van der Waals surface area (Å²) in [6, 6.07) is 17.4. The highest BCUT2D eigenvalue weighted by Gasteiger charge is 2.29. The van der Waals surface area contributed by atoms with Crippen molar-refractivity contribution in [2.75, 3.05) is 51.4 Å². The number of ether oxygens (including phenoxy) is 2. The van der Waals surface area contributed by atoms with Gasteiger partial charge in [-0.15, -0.1) is 0 Å². The number of anilines is 1. The molecule has 10 heteroatoms. The van der Waals surface area contributed by atoms with E-state index in [0.717, 1.165) is 22.5 Å². The molecule has 10 nitrogen and oxygen atoms in total. The summed E-state index contributed by atoms with van der Waals surface area (Å²) in [6.07, 6.45) is 4.35. The quantitative estimate of drug-likeness (QED) is 0.383. The Kier molecular flexibility index (Phi) is 7.49. The molecule has 1 aromatic carbocycles. The van der Waals surface area contributed by atoms with Crippen LogP contribution in [0.4, 0.5) is 5.82 Å². The van der Waals surface area contributed by atoms with Crippen LogP contribution in [0.15, 0.2) is 67.1 Å². The van der Waals surface area contributed by atoms with Gasteiger partial charge in [0.2, 0.25) is 0 Å². The number of piperazine rings is 1. The van der Waals surface area contributed by atoms with Gasteiger partial charge in [-0.25, -0.2) is 9.50 Å². The van der Waals surface area contributed by atoms with Gasteiger partial charge >= 0.3 is 0 Å². The van der Waals surface area contributed by atoms with E-state index in [2.05, 4.69) is 16.1 Å². The van der Waals surface area contributed by atoms with E-state index < -0.39 is 6.10 Å². The first-order valence-corrected chi connectivity index (χ1v) is 12.4. The third-order valence-electron chi connectivity index (χ3n) is 6.60. The number of aliphatic hydroxyl groups is 1. The number of fused-ring (bicyclic) bond motifs is 1. The molecule has 38 heavy (non-hydrogen) atoms. The molecule has 1 aliphatic rings. The maximum Gasteiger partial charge on any atom is 0.256 e. The molecule has 1 aliphatic heterocycles. The third-order valence-corrected chi connectivity index (χ3v) is 6.60. The molecule has 0 radical (unpaired) electrons. The second kappa shape index (κ2) is 11.3. The van der Waals surface area contributed by atoms with E-state index in [0.29, 0.717) is 43.0 Å². The van der Waals surface area contributed by atoms with E-state index in [1.165, 1.54) is 6.20 Å². The largest absolute Gasteiger partial charge is 0.490 e. The molecule has 1 N–H and O–H groups in total. The molecule has 5 rings (SSSR count). The van der Waals surface area contributed by atoms with Crippen LogP contribution < -0.4 is 9.64 Å². The van der Waals surface area contributed by atoms with Crippen LogP contribution in [0, 0.1) is 11.3 Å². The monoisotopic (exact) mass is 512 g/mol. The van der Waals surface area contributed by atoms with Crippen LogP contribution in [-0.2, 0) is 9.53 Å². The number of hydrogen-bond donors (Lipinski definition) is 1. The van der Waals surface area contributed by atoms with Crippen LogP contribution in [0.3, 0.4) is 0 Å². The SMILES string of the molecule is CO[C@H](C(=O)N1CCN(c2ccc(-c3cc(OCCO)cn4ncc(C#N)c34)cn2)CC1)c1ccccc1. The fourth-order valence-electron chi connectivity index (χ4n) is 4.70. The van der Waals surface area contributed by atoms with Gasteiger partial charge in [0.1, 0.15) is 24.2 Å². The Morgan fingerprint density at radius 2 is 1.92 bits per heavy atom. The standard InChI is InChI=1S/C28H28N6O4/c1-37-27(20-5-3-2-4-6-20)28(36)33-11-9-32(10-12-33)25-8-7-21(17-30-25)24-15-23(38-14-13-35)19-34-26(24)22(16-29)18-31-34/h2-8,15,17-19,27,35H,9-14H2,1H3/t27-/m0/s1. The Labute approximate surface area is 220 Å². The van der Waals surface area contributed by atoms with Gasteiger partial charge in [-0.3, -0.25) is 4.79 Å². The maximum absolute atomic E-state index is 13.1. The number of amides is 1. The van der Waals surface area contributed by atoms with E-state index >= 15 is 0 Å². The Hall–Kier alpha value is -4.46. The first-order valence-electron chi connectivity index (χ1n) is 12.4. The second-order valence-electron chi connectivity index (χ2n) is 8.87. The number of benzene rings is 1. The van der Waals surface area contributed by atoms with E-state index in [1.807, 2.05) is 53.4 Å². The smallest absolute Gasteiger partial charge is 0.256 e. The molecule has 4 aromatic rings. The highest BCUT2D eigenvalue weighted by Crippen LogP contribution is 2.31. The van der Waals surface area contributed by atoms with Crippen molar-refractivity contribution in [3.63, 3.8) is 0 Å². The molecule has 0 saturated carbocycles. The average Bonchev–Trinajstić information content (AvgIpc) is 3.40. The van der Waals surface area contributed by atoms with E-state index in [9.17, 15) is 10.1 Å². The molecule has 0 unspecified atom stereocenters. The number of nitriles is 1.